The molecule has 130 valence electrons. The Kier molecular flexibility index (Phi) is 5.23. The van der Waals surface area contributed by atoms with E-state index in [1.165, 1.54) is 33.5 Å². The number of benzene rings is 3. The molecule has 0 atom stereocenters. The van der Waals surface area contributed by atoms with Crippen molar-refractivity contribution in [2.75, 3.05) is 5.32 Å². The van der Waals surface area contributed by atoms with Gasteiger partial charge in [0, 0.05) is 12.8 Å². The lowest BCUT2D eigenvalue weighted by Gasteiger charge is -2.17. The van der Waals surface area contributed by atoms with E-state index in [-0.39, 0.29) is 1.43 Å². The Hall–Kier alpha value is -2.54. The van der Waals surface area contributed by atoms with Crippen LogP contribution in [0, 0.1) is 6.92 Å². The lowest BCUT2D eigenvalue weighted by molar-refractivity contribution is 0.867. The van der Waals surface area contributed by atoms with Crippen LogP contribution in [0.25, 0.3) is 11.1 Å². The van der Waals surface area contributed by atoms with Gasteiger partial charge in [0.2, 0.25) is 0 Å². The van der Waals surface area contributed by atoms with Crippen molar-refractivity contribution >= 4 is 11.4 Å². The van der Waals surface area contributed by atoms with Crippen molar-refractivity contribution in [3.8, 4) is 11.1 Å². The molecule has 1 nitrogen and oxygen atoms in total. The van der Waals surface area contributed by atoms with Crippen LogP contribution in [-0.4, -0.2) is 0 Å². The summed E-state index contributed by atoms with van der Waals surface area (Å²) in [4.78, 5) is 0. The first-order valence-corrected chi connectivity index (χ1v) is 9.15. The Balaban J connectivity index is 0.00000243. The Morgan fingerprint density at radius 1 is 0.840 bits per heavy atom. The molecule has 1 N–H and O–H groups in total. The third kappa shape index (κ3) is 3.76. The second-order valence-corrected chi connectivity index (χ2v) is 6.90. The SMILES string of the molecule is CCc1c(Nc2ccc(C(C)C)cc2)cccc1-c1ccccc1C.[HH]. The zero-order chi connectivity index (χ0) is 17.8. The van der Waals surface area contributed by atoms with E-state index < -0.39 is 0 Å². The third-order valence-corrected chi connectivity index (χ3v) is 4.82. The summed E-state index contributed by atoms with van der Waals surface area (Å²) in [5.74, 6) is 0.560. The van der Waals surface area contributed by atoms with Crippen LogP contribution in [-0.2, 0) is 6.42 Å². The van der Waals surface area contributed by atoms with E-state index in [9.17, 15) is 0 Å². The van der Waals surface area contributed by atoms with Gasteiger partial charge < -0.3 is 5.32 Å². The molecule has 3 aromatic rings. The highest BCUT2D eigenvalue weighted by atomic mass is 14.9. The second-order valence-electron chi connectivity index (χ2n) is 6.90. The maximum absolute atomic E-state index is 3.62. The van der Waals surface area contributed by atoms with Crippen molar-refractivity contribution < 1.29 is 1.43 Å². The van der Waals surface area contributed by atoms with Crippen molar-refractivity contribution in [1.29, 1.82) is 0 Å². The van der Waals surface area contributed by atoms with Crippen molar-refractivity contribution in [3.05, 3.63) is 83.4 Å². The molecule has 0 saturated carbocycles. The van der Waals surface area contributed by atoms with E-state index in [0.29, 0.717) is 5.92 Å². The summed E-state index contributed by atoms with van der Waals surface area (Å²) >= 11 is 0. The predicted molar refractivity (Wildman–Crippen MR) is 112 cm³/mol. The lowest BCUT2D eigenvalue weighted by atomic mass is 9.93. The fourth-order valence-electron chi connectivity index (χ4n) is 3.32. The lowest BCUT2D eigenvalue weighted by Crippen LogP contribution is -1.99. The van der Waals surface area contributed by atoms with Gasteiger partial charge in [-0.3, -0.25) is 0 Å². The van der Waals surface area contributed by atoms with Gasteiger partial charge in [-0.1, -0.05) is 69.3 Å². The summed E-state index contributed by atoms with van der Waals surface area (Å²) < 4.78 is 0. The summed E-state index contributed by atoms with van der Waals surface area (Å²) in [6.45, 7) is 8.86. The minimum absolute atomic E-state index is 0. The van der Waals surface area contributed by atoms with Gasteiger partial charge in [-0.2, -0.15) is 0 Å². The van der Waals surface area contributed by atoms with Crippen LogP contribution in [0.4, 0.5) is 11.4 Å². The normalized spacial score (nSPS) is 10.9. The number of aryl methyl sites for hydroxylation is 1. The number of anilines is 2. The van der Waals surface area contributed by atoms with Crippen LogP contribution in [0.1, 0.15) is 44.8 Å². The number of hydrogen-bond donors (Lipinski definition) is 1. The van der Waals surface area contributed by atoms with Gasteiger partial charge in [-0.05, 0) is 65.3 Å². The molecule has 0 radical (unpaired) electrons. The van der Waals surface area contributed by atoms with Crippen molar-refractivity contribution in [3.63, 3.8) is 0 Å². The quantitative estimate of drug-likeness (QED) is 0.516. The third-order valence-electron chi connectivity index (χ3n) is 4.82. The summed E-state index contributed by atoms with van der Waals surface area (Å²) in [5.41, 5.74) is 9.03. The highest BCUT2D eigenvalue weighted by molar-refractivity contribution is 5.78. The molecule has 25 heavy (non-hydrogen) atoms. The van der Waals surface area contributed by atoms with Gasteiger partial charge >= 0.3 is 0 Å². The number of rotatable bonds is 5. The van der Waals surface area contributed by atoms with Gasteiger partial charge in [-0.15, -0.1) is 0 Å². The topological polar surface area (TPSA) is 12.0 Å². The van der Waals surface area contributed by atoms with Crippen molar-refractivity contribution in [2.45, 2.75) is 40.0 Å². The molecule has 0 heterocycles. The highest BCUT2D eigenvalue weighted by Crippen LogP contribution is 2.33. The second kappa shape index (κ2) is 7.57. The summed E-state index contributed by atoms with van der Waals surface area (Å²) in [6, 6.07) is 23.9. The first kappa shape index (κ1) is 17.3. The Bertz CT molecular complexity index is 850. The molecule has 0 unspecified atom stereocenters. The zero-order valence-electron chi connectivity index (χ0n) is 15.6. The molecule has 0 aromatic heterocycles. The minimum Gasteiger partial charge on any atom is -0.355 e. The van der Waals surface area contributed by atoms with E-state index in [0.717, 1.165) is 12.1 Å². The molecule has 0 aliphatic carbocycles. The molecule has 0 amide bonds. The fraction of sp³-hybridized carbons (Fsp3) is 0.250. The molecular formula is C24H29N. The highest BCUT2D eigenvalue weighted by Gasteiger charge is 2.10. The largest absolute Gasteiger partial charge is 0.355 e. The summed E-state index contributed by atoms with van der Waals surface area (Å²) in [6.07, 6.45) is 0.997. The zero-order valence-corrected chi connectivity index (χ0v) is 15.6. The van der Waals surface area contributed by atoms with Gasteiger partial charge in [0.15, 0.2) is 0 Å². The Morgan fingerprint density at radius 2 is 1.52 bits per heavy atom. The minimum atomic E-state index is 0. The van der Waals surface area contributed by atoms with Crippen molar-refractivity contribution in [2.24, 2.45) is 0 Å². The molecule has 0 bridgehead atoms. The smallest absolute Gasteiger partial charge is 0.0422 e. The van der Waals surface area contributed by atoms with Crippen LogP contribution in [0.2, 0.25) is 0 Å². The van der Waals surface area contributed by atoms with E-state index in [4.69, 9.17) is 0 Å². The van der Waals surface area contributed by atoms with Gasteiger partial charge in [0.05, 0.1) is 0 Å². The van der Waals surface area contributed by atoms with Crippen LogP contribution in [0.3, 0.4) is 0 Å². The number of nitrogens with one attached hydrogen (secondary N) is 1. The fourth-order valence-corrected chi connectivity index (χ4v) is 3.32. The standard InChI is InChI=1S/C24H27N.H2/c1-5-21-23(22-10-7-6-9-18(22)4)11-8-12-24(21)25-20-15-13-19(14-16-20)17(2)3;/h6-17,25H,5H2,1-4H3;1H. The summed E-state index contributed by atoms with van der Waals surface area (Å²) in [5, 5.41) is 3.62. The first-order valence-electron chi connectivity index (χ1n) is 9.15. The van der Waals surface area contributed by atoms with E-state index in [2.05, 4.69) is 99.7 Å². The number of hydrogen-bond acceptors (Lipinski definition) is 1. The van der Waals surface area contributed by atoms with E-state index >= 15 is 0 Å². The van der Waals surface area contributed by atoms with Crippen LogP contribution in [0.15, 0.2) is 66.7 Å². The van der Waals surface area contributed by atoms with Gasteiger partial charge in [0.25, 0.3) is 0 Å². The van der Waals surface area contributed by atoms with Gasteiger partial charge in [-0.25, -0.2) is 0 Å². The molecule has 0 aliphatic heterocycles. The van der Waals surface area contributed by atoms with Crippen LogP contribution >= 0.6 is 0 Å². The molecule has 0 fully saturated rings. The van der Waals surface area contributed by atoms with Gasteiger partial charge in [0.1, 0.15) is 0 Å². The monoisotopic (exact) mass is 331 g/mol. The predicted octanol–water partition coefficient (Wildman–Crippen LogP) is 7.34. The molecule has 3 aromatic carbocycles. The average molecular weight is 332 g/mol. The Morgan fingerprint density at radius 3 is 2.16 bits per heavy atom. The molecule has 0 aliphatic rings. The van der Waals surface area contributed by atoms with E-state index in [1.54, 1.807) is 0 Å². The first-order chi connectivity index (χ1) is 12.1. The van der Waals surface area contributed by atoms with Crippen molar-refractivity contribution in [1.82, 2.24) is 0 Å². The molecule has 1 heteroatoms. The summed E-state index contributed by atoms with van der Waals surface area (Å²) in [7, 11) is 0. The molecule has 0 spiro atoms. The maximum atomic E-state index is 3.62. The molecular weight excluding hydrogens is 302 g/mol. The molecule has 0 saturated heterocycles. The van der Waals surface area contributed by atoms with Crippen LogP contribution < -0.4 is 5.32 Å². The van der Waals surface area contributed by atoms with Crippen LogP contribution in [0.5, 0.6) is 0 Å². The molecule has 3 rings (SSSR count). The average Bonchev–Trinajstić information content (AvgIpc) is 2.62. The maximum Gasteiger partial charge on any atom is 0.0422 e. The van der Waals surface area contributed by atoms with E-state index in [1.807, 2.05) is 0 Å². The Labute approximate surface area is 153 Å².